The first kappa shape index (κ1) is 10.7. The van der Waals surface area contributed by atoms with Crippen molar-refractivity contribution in [2.45, 2.75) is 0 Å². The fourth-order valence-electron chi connectivity index (χ4n) is 1.16. The molecule has 0 aliphatic rings. The van der Waals surface area contributed by atoms with Crippen molar-refractivity contribution >= 4 is 17.3 Å². The highest BCUT2D eigenvalue weighted by Crippen LogP contribution is 2.29. The number of nitrogens with two attached hydrogens (primary N) is 1. The lowest BCUT2D eigenvalue weighted by molar-refractivity contribution is 0.424. The predicted molar refractivity (Wildman–Crippen MR) is 60.1 cm³/mol. The molecule has 5 heteroatoms. The molecule has 0 radical (unpaired) electrons. The van der Waals surface area contributed by atoms with E-state index in [4.69, 9.17) is 22.1 Å². The fraction of sp³-hybridized carbons (Fsp3) is 0. The number of hydrogen-bond acceptors (Lipinski definition) is 3. The van der Waals surface area contributed by atoms with Crippen LogP contribution in [0.25, 0.3) is 0 Å². The van der Waals surface area contributed by atoms with Gasteiger partial charge in [0.25, 0.3) is 5.88 Å². The number of aromatic nitrogens is 1. The Hall–Kier alpha value is -1.81. The lowest BCUT2D eigenvalue weighted by Crippen LogP contribution is -1.95. The normalized spacial score (nSPS) is 10.1. The summed E-state index contributed by atoms with van der Waals surface area (Å²) in [6, 6.07) is 7.43. The maximum Gasteiger partial charge on any atom is 0.255 e. The van der Waals surface area contributed by atoms with Crippen molar-refractivity contribution in [1.29, 1.82) is 0 Å². The molecule has 0 atom stereocenters. The second-order valence-corrected chi connectivity index (χ2v) is 3.51. The minimum Gasteiger partial charge on any atom is -0.434 e. The number of nitrogen functional groups attached to an aromatic ring is 1. The predicted octanol–water partition coefficient (Wildman–Crippen LogP) is 3.25. The highest BCUT2D eigenvalue weighted by molar-refractivity contribution is 6.30. The Labute approximate surface area is 96.6 Å². The molecule has 3 nitrogen and oxygen atoms in total. The van der Waals surface area contributed by atoms with Crippen LogP contribution in [0.1, 0.15) is 0 Å². The van der Waals surface area contributed by atoms with Gasteiger partial charge in [-0.15, -0.1) is 0 Å². The summed E-state index contributed by atoms with van der Waals surface area (Å²) >= 11 is 5.73. The third-order valence-corrected chi connectivity index (χ3v) is 2.14. The molecule has 0 aliphatic carbocycles. The molecule has 82 valence electrons. The first-order valence-electron chi connectivity index (χ1n) is 4.50. The van der Waals surface area contributed by atoms with E-state index in [0.29, 0.717) is 16.5 Å². The molecule has 0 amide bonds. The van der Waals surface area contributed by atoms with Crippen LogP contribution in [0.4, 0.5) is 10.1 Å². The molecule has 16 heavy (non-hydrogen) atoms. The van der Waals surface area contributed by atoms with E-state index < -0.39 is 5.82 Å². The van der Waals surface area contributed by atoms with Gasteiger partial charge in [0.15, 0.2) is 11.6 Å². The smallest absolute Gasteiger partial charge is 0.255 e. The minimum absolute atomic E-state index is 0.114. The Kier molecular flexibility index (Phi) is 2.92. The summed E-state index contributed by atoms with van der Waals surface area (Å²) in [5.74, 6) is -0.338. The van der Waals surface area contributed by atoms with Crippen LogP contribution in [0.3, 0.4) is 0 Å². The maximum absolute atomic E-state index is 13.2. The molecular weight excluding hydrogens is 231 g/mol. The van der Waals surface area contributed by atoms with Crippen molar-refractivity contribution in [1.82, 2.24) is 4.98 Å². The largest absolute Gasteiger partial charge is 0.434 e. The van der Waals surface area contributed by atoms with Gasteiger partial charge < -0.3 is 10.5 Å². The van der Waals surface area contributed by atoms with Gasteiger partial charge in [-0.1, -0.05) is 11.6 Å². The van der Waals surface area contributed by atoms with Gasteiger partial charge >= 0.3 is 0 Å². The number of hydrogen-bond donors (Lipinski definition) is 1. The molecule has 2 aromatic rings. The first-order valence-corrected chi connectivity index (χ1v) is 4.88. The molecule has 0 fully saturated rings. The second kappa shape index (κ2) is 4.37. The summed E-state index contributed by atoms with van der Waals surface area (Å²) in [6.07, 6.45) is 1.44. The summed E-state index contributed by atoms with van der Waals surface area (Å²) in [7, 11) is 0. The summed E-state index contributed by atoms with van der Waals surface area (Å²) in [6.45, 7) is 0. The Morgan fingerprint density at radius 2 is 2.12 bits per heavy atom. The zero-order valence-electron chi connectivity index (χ0n) is 8.15. The highest BCUT2D eigenvalue weighted by Gasteiger charge is 2.07. The number of benzene rings is 1. The molecule has 1 aromatic heterocycles. The van der Waals surface area contributed by atoms with Gasteiger partial charge in [0.1, 0.15) is 0 Å². The van der Waals surface area contributed by atoms with Crippen LogP contribution in [0.15, 0.2) is 36.5 Å². The van der Waals surface area contributed by atoms with Crippen molar-refractivity contribution < 1.29 is 9.13 Å². The van der Waals surface area contributed by atoms with Crippen molar-refractivity contribution in [3.8, 4) is 11.6 Å². The average molecular weight is 239 g/mol. The van der Waals surface area contributed by atoms with E-state index in [-0.39, 0.29) is 5.88 Å². The Bertz CT molecular complexity index is 519. The SMILES string of the molecule is Nc1cc(Cl)ccc1Oc1ncccc1F. The molecule has 0 saturated carbocycles. The topological polar surface area (TPSA) is 48.1 Å². The number of rotatable bonds is 2. The van der Waals surface area contributed by atoms with Gasteiger partial charge in [0, 0.05) is 11.2 Å². The summed E-state index contributed by atoms with van der Waals surface area (Å²) in [4.78, 5) is 3.75. The standard InChI is InChI=1S/C11H8ClFN2O/c12-7-3-4-10(9(14)6-7)16-11-8(13)2-1-5-15-11/h1-6H,14H2. The number of pyridine rings is 1. The Balaban J connectivity index is 2.31. The van der Waals surface area contributed by atoms with Gasteiger partial charge in [0.05, 0.1) is 5.69 Å². The van der Waals surface area contributed by atoms with Crippen LogP contribution >= 0.6 is 11.6 Å². The van der Waals surface area contributed by atoms with E-state index in [2.05, 4.69) is 4.98 Å². The van der Waals surface area contributed by atoms with Crippen molar-refractivity contribution in [3.05, 3.63) is 47.4 Å². The monoisotopic (exact) mass is 238 g/mol. The molecule has 0 bridgehead atoms. The number of anilines is 1. The molecule has 1 aromatic carbocycles. The van der Waals surface area contributed by atoms with Crippen LogP contribution in [-0.2, 0) is 0 Å². The van der Waals surface area contributed by atoms with E-state index >= 15 is 0 Å². The zero-order chi connectivity index (χ0) is 11.5. The van der Waals surface area contributed by atoms with Gasteiger partial charge in [-0.25, -0.2) is 9.37 Å². The molecular formula is C11H8ClFN2O. The van der Waals surface area contributed by atoms with E-state index in [0.717, 1.165) is 0 Å². The number of halogens is 2. The molecule has 0 aliphatic heterocycles. The van der Waals surface area contributed by atoms with Crippen LogP contribution < -0.4 is 10.5 Å². The average Bonchev–Trinajstić information content (AvgIpc) is 2.25. The molecule has 0 spiro atoms. The van der Waals surface area contributed by atoms with E-state index in [9.17, 15) is 4.39 Å². The van der Waals surface area contributed by atoms with Crippen LogP contribution in [0.5, 0.6) is 11.6 Å². The summed E-state index contributed by atoms with van der Waals surface area (Å²) in [5.41, 5.74) is 5.99. The molecule has 1 heterocycles. The summed E-state index contributed by atoms with van der Waals surface area (Å²) < 4.78 is 18.5. The summed E-state index contributed by atoms with van der Waals surface area (Å²) in [5, 5.41) is 0.492. The van der Waals surface area contributed by atoms with Crippen molar-refractivity contribution in [2.24, 2.45) is 0 Å². The van der Waals surface area contributed by atoms with Gasteiger partial charge in [0.2, 0.25) is 0 Å². The van der Waals surface area contributed by atoms with Gasteiger partial charge in [-0.05, 0) is 30.3 Å². The molecule has 0 unspecified atom stereocenters. The van der Waals surface area contributed by atoms with Crippen LogP contribution in [-0.4, -0.2) is 4.98 Å². The fourth-order valence-corrected chi connectivity index (χ4v) is 1.34. The Morgan fingerprint density at radius 1 is 1.31 bits per heavy atom. The number of nitrogens with zero attached hydrogens (tertiary/aromatic N) is 1. The third kappa shape index (κ3) is 2.23. The highest BCUT2D eigenvalue weighted by atomic mass is 35.5. The second-order valence-electron chi connectivity index (χ2n) is 3.07. The first-order chi connectivity index (χ1) is 7.66. The molecule has 2 rings (SSSR count). The van der Waals surface area contributed by atoms with Crippen LogP contribution in [0.2, 0.25) is 5.02 Å². The van der Waals surface area contributed by atoms with E-state index in [1.807, 2.05) is 0 Å². The molecule has 0 saturated heterocycles. The Morgan fingerprint density at radius 3 is 2.81 bits per heavy atom. The van der Waals surface area contributed by atoms with E-state index in [1.165, 1.54) is 24.4 Å². The lowest BCUT2D eigenvalue weighted by Gasteiger charge is -2.07. The molecule has 2 N–H and O–H groups in total. The lowest BCUT2D eigenvalue weighted by atomic mass is 10.3. The van der Waals surface area contributed by atoms with Crippen molar-refractivity contribution in [3.63, 3.8) is 0 Å². The van der Waals surface area contributed by atoms with Crippen LogP contribution in [0, 0.1) is 5.82 Å². The van der Waals surface area contributed by atoms with Gasteiger partial charge in [-0.2, -0.15) is 0 Å². The van der Waals surface area contributed by atoms with Gasteiger partial charge in [-0.3, -0.25) is 0 Å². The number of ether oxygens (including phenoxy) is 1. The maximum atomic E-state index is 13.2. The minimum atomic E-state index is -0.545. The zero-order valence-corrected chi connectivity index (χ0v) is 8.91. The quantitative estimate of drug-likeness (QED) is 0.817. The third-order valence-electron chi connectivity index (χ3n) is 1.90. The van der Waals surface area contributed by atoms with E-state index in [1.54, 1.807) is 12.1 Å². The van der Waals surface area contributed by atoms with Crippen molar-refractivity contribution in [2.75, 3.05) is 5.73 Å².